The van der Waals surface area contributed by atoms with Crippen molar-refractivity contribution in [1.29, 1.82) is 0 Å². The smallest absolute Gasteiger partial charge is 0.305 e. The lowest BCUT2D eigenvalue weighted by molar-refractivity contribution is -0.143. The molecular weight excluding hydrogens is 773 g/mol. The van der Waals surface area contributed by atoms with Crippen LogP contribution in [0.5, 0.6) is 17.2 Å². The highest BCUT2D eigenvalue weighted by Crippen LogP contribution is 2.65. The molecule has 3 fully saturated rings. The predicted molar refractivity (Wildman–Crippen MR) is 208 cm³/mol. The Hall–Kier alpha value is -5.85. The Morgan fingerprint density at radius 2 is 1.63 bits per heavy atom. The van der Waals surface area contributed by atoms with Gasteiger partial charge in [0.1, 0.15) is 23.9 Å². The number of phenolic OH excluding ortho intramolecular Hbond substituents is 1. The van der Waals surface area contributed by atoms with Gasteiger partial charge in [-0.1, -0.05) is 83.4 Å². The van der Waals surface area contributed by atoms with E-state index in [4.69, 9.17) is 32.7 Å². The fraction of sp³-hybridized carbons (Fsp3) is 0.279. The maximum Gasteiger partial charge on any atom is 0.305 e. The molecule has 8 rings (SSSR count). The number of carboxylic acids is 1. The summed E-state index contributed by atoms with van der Waals surface area (Å²) in [5.74, 6) is -7.28. The molecule has 0 spiro atoms. The van der Waals surface area contributed by atoms with Crippen molar-refractivity contribution < 1.29 is 43.7 Å². The minimum absolute atomic E-state index is 0.00252. The number of methoxy groups -OCH3 is 1. The first kappa shape index (κ1) is 38.0. The maximum absolute atomic E-state index is 15.5. The van der Waals surface area contributed by atoms with E-state index in [0.29, 0.717) is 33.2 Å². The molecule has 6 atom stereocenters. The van der Waals surface area contributed by atoms with Crippen molar-refractivity contribution in [2.75, 3.05) is 19.1 Å². The monoisotopic (exact) mass is 809 g/mol. The van der Waals surface area contributed by atoms with E-state index in [9.17, 15) is 29.4 Å². The topological polar surface area (TPSA) is 163 Å². The Kier molecular flexibility index (Phi) is 9.95. The Morgan fingerprint density at radius 3 is 2.32 bits per heavy atom. The van der Waals surface area contributed by atoms with Crippen LogP contribution in [0.25, 0.3) is 0 Å². The average molecular weight is 811 g/mol. The summed E-state index contributed by atoms with van der Waals surface area (Å²) in [6, 6.07) is 25.7. The second-order valence-electron chi connectivity index (χ2n) is 14.7. The molecule has 2 heterocycles. The van der Waals surface area contributed by atoms with Gasteiger partial charge in [-0.05, 0) is 66.3 Å². The molecule has 0 bridgehead atoms. The summed E-state index contributed by atoms with van der Waals surface area (Å²) >= 11 is 12.7. The van der Waals surface area contributed by atoms with Crippen molar-refractivity contribution in [2.45, 2.75) is 37.2 Å². The van der Waals surface area contributed by atoms with E-state index in [2.05, 4.69) is 5.43 Å². The Morgan fingerprint density at radius 1 is 0.895 bits per heavy atom. The molecule has 2 aliphatic carbocycles. The predicted octanol–water partition coefficient (Wildman–Crippen LogP) is 6.75. The summed E-state index contributed by atoms with van der Waals surface area (Å²) in [4.78, 5) is 70.8. The van der Waals surface area contributed by atoms with Gasteiger partial charge in [0.05, 0.1) is 47.4 Å². The second kappa shape index (κ2) is 14.9. The zero-order valence-electron chi connectivity index (χ0n) is 30.6. The van der Waals surface area contributed by atoms with E-state index in [-0.39, 0.29) is 42.5 Å². The lowest BCUT2D eigenvalue weighted by Crippen LogP contribution is -2.53. The van der Waals surface area contributed by atoms with Crippen LogP contribution in [-0.4, -0.2) is 63.4 Å². The first-order chi connectivity index (χ1) is 27.4. The van der Waals surface area contributed by atoms with Crippen molar-refractivity contribution in [3.8, 4) is 17.2 Å². The Balaban J connectivity index is 1.30. The minimum Gasteiger partial charge on any atom is -0.508 e. The largest absolute Gasteiger partial charge is 0.508 e. The molecular formula is C43H37Cl2N3O9. The molecule has 0 radical (unpaired) electrons. The number of aromatic hydroxyl groups is 1. The quantitative estimate of drug-likeness (QED) is 0.109. The van der Waals surface area contributed by atoms with E-state index < -0.39 is 71.0 Å². The van der Waals surface area contributed by atoms with Gasteiger partial charge in [-0.15, -0.1) is 0 Å². The number of anilines is 1. The van der Waals surface area contributed by atoms with Crippen LogP contribution in [-0.2, 0) is 36.0 Å². The second-order valence-corrected chi connectivity index (χ2v) is 15.5. The number of phenols is 1. The molecule has 4 amide bonds. The number of hydrazine groups is 1. The van der Waals surface area contributed by atoms with Gasteiger partial charge in [-0.25, -0.2) is 0 Å². The molecule has 292 valence electrons. The number of aliphatic carboxylic acids is 1. The molecule has 57 heavy (non-hydrogen) atoms. The lowest BCUT2D eigenvalue weighted by atomic mass is 9.49. The summed E-state index contributed by atoms with van der Waals surface area (Å²) in [6.07, 6.45) is 1.57. The molecule has 4 aliphatic rings. The number of nitrogens with zero attached hydrogens (tertiary/aromatic N) is 2. The number of allylic oxidation sites excluding steroid dienone is 2. The lowest BCUT2D eigenvalue weighted by Gasteiger charge is -2.50. The van der Waals surface area contributed by atoms with Crippen LogP contribution in [0.15, 0.2) is 103 Å². The normalized spacial score (nSPS) is 25.1. The number of rotatable bonds is 11. The van der Waals surface area contributed by atoms with Crippen molar-refractivity contribution in [3.63, 3.8) is 0 Å². The van der Waals surface area contributed by atoms with Crippen LogP contribution in [0, 0.1) is 23.7 Å². The molecule has 2 aliphatic heterocycles. The van der Waals surface area contributed by atoms with Gasteiger partial charge in [-0.3, -0.25) is 34.3 Å². The minimum atomic E-state index is -1.69. The van der Waals surface area contributed by atoms with Crippen molar-refractivity contribution in [2.24, 2.45) is 23.7 Å². The number of hydrogen-bond donors (Lipinski definition) is 3. The SMILES string of the molecule is COc1ccc(C23C(=O)N(Nc4ccc(Cl)cc4Cl)C(=O)C2CC2C(=CCC4C(=O)N(CCC(=O)O)C(=O)C42)C3c2ccc(OCc3ccccc3)cc2O)cc1. The standard InChI is InChI=1S/C43H37Cl2N3O9/c1-56-26-10-7-24(8-11-26)43-32(40(53)48(42(43)55)46-34-16-9-25(44)19-33(34)45)21-31-28(14-15-30-37(31)41(54)47(39(30)52)18-17-36(50)51)38(43)29-13-12-27(20-35(29)49)57-22-23-5-3-2-4-6-23/h2-14,16,19-20,30-32,37-38,46,49H,15,17-18,21-22H2,1H3,(H,50,51). The Labute approximate surface area is 337 Å². The van der Waals surface area contributed by atoms with Gasteiger partial charge in [0, 0.05) is 29.1 Å². The average Bonchev–Trinajstić information content (AvgIpc) is 3.58. The zero-order chi connectivity index (χ0) is 40.2. The van der Waals surface area contributed by atoms with Crippen LogP contribution in [0.1, 0.15) is 41.9 Å². The fourth-order valence-corrected chi connectivity index (χ4v) is 9.73. The van der Waals surface area contributed by atoms with Crippen molar-refractivity contribution in [3.05, 3.63) is 129 Å². The molecule has 4 aromatic carbocycles. The summed E-state index contributed by atoms with van der Waals surface area (Å²) in [5.41, 5.74) is 3.80. The number of carbonyl (C=O) groups is 5. The first-order valence-corrected chi connectivity index (χ1v) is 19.2. The number of nitrogens with one attached hydrogen (secondary N) is 1. The molecule has 4 aromatic rings. The van der Waals surface area contributed by atoms with Gasteiger partial charge in [-0.2, -0.15) is 5.01 Å². The van der Waals surface area contributed by atoms with E-state index in [1.807, 2.05) is 36.4 Å². The number of hydrogen-bond acceptors (Lipinski definition) is 9. The highest BCUT2D eigenvalue weighted by molar-refractivity contribution is 6.36. The van der Waals surface area contributed by atoms with Crippen LogP contribution in [0.2, 0.25) is 10.0 Å². The summed E-state index contributed by atoms with van der Waals surface area (Å²) < 4.78 is 11.5. The number of carboxylic acid groups (broad SMARTS) is 1. The van der Waals surface area contributed by atoms with Crippen LogP contribution in [0.4, 0.5) is 5.69 Å². The van der Waals surface area contributed by atoms with Gasteiger partial charge < -0.3 is 19.7 Å². The highest BCUT2D eigenvalue weighted by atomic mass is 35.5. The number of ether oxygens (including phenoxy) is 2. The number of carbonyl (C=O) groups excluding carboxylic acids is 4. The van der Waals surface area contributed by atoms with Crippen LogP contribution < -0.4 is 14.9 Å². The van der Waals surface area contributed by atoms with Crippen molar-refractivity contribution in [1.82, 2.24) is 9.91 Å². The fourth-order valence-electron chi connectivity index (χ4n) is 9.28. The van der Waals surface area contributed by atoms with E-state index in [1.54, 1.807) is 48.5 Å². The number of amides is 4. The van der Waals surface area contributed by atoms with Gasteiger partial charge in [0.15, 0.2) is 0 Å². The van der Waals surface area contributed by atoms with E-state index >= 15 is 4.79 Å². The Bertz CT molecular complexity index is 2340. The number of fused-ring (bicyclic) bond motifs is 4. The molecule has 2 saturated heterocycles. The molecule has 1 saturated carbocycles. The third kappa shape index (κ3) is 6.37. The zero-order valence-corrected chi connectivity index (χ0v) is 32.1. The first-order valence-electron chi connectivity index (χ1n) is 18.4. The molecule has 6 unspecified atom stereocenters. The van der Waals surface area contributed by atoms with Gasteiger partial charge >= 0.3 is 5.97 Å². The van der Waals surface area contributed by atoms with Gasteiger partial charge in [0.25, 0.3) is 11.8 Å². The van der Waals surface area contributed by atoms with Crippen LogP contribution >= 0.6 is 23.2 Å². The third-order valence-electron chi connectivity index (χ3n) is 11.8. The number of imide groups is 2. The van der Waals surface area contributed by atoms with E-state index in [1.165, 1.54) is 19.2 Å². The third-order valence-corrected chi connectivity index (χ3v) is 12.3. The van der Waals surface area contributed by atoms with Crippen LogP contribution in [0.3, 0.4) is 0 Å². The number of benzene rings is 4. The summed E-state index contributed by atoms with van der Waals surface area (Å²) in [5, 5.41) is 22.8. The molecule has 0 aromatic heterocycles. The summed E-state index contributed by atoms with van der Waals surface area (Å²) in [6.45, 7) is -0.0561. The maximum atomic E-state index is 15.5. The van der Waals surface area contributed by atoms with Crippen molar-refractivity contribution >= 4 is 58.5 Å². The number of halogens is 2. The van der Waals surface area contributed by atoms with Gasteiger partial charge in [0.2, 0.25) is 11.8 Å². The van der Waals surface area contributed by atoms with E-state index in [0.717, 1.165) is 15.5 Å². The summed E-state index contributed by atoms with van der Waals surface area (Å²) in [7, 11) is 1.51. The number of likely N-dealkylation sites (tertiary alicyclic amines) is 1. The molecule has 14 heteroatoms. The highest BCUT2D eigenvalue weighted by Gasteiger charge is 2.70. The molecule has 3 N–H and O–H groups in total. The molecule has 12 nitrogen and oxygen atoms in total.